The number of carbonyl (C=O) groups is 1. The molecule has 2 rings (SSSR count). The van der Waals surface area contributed by atoms with E-state index in [-0.39, 0.29) is 0 Å². The zero-order valence-corrected chi connectivity index (χ0v) is 9.92. The Morgan fingerprint density at radius 2 is 2.12 bits per heavy atom. The summed E-state index contributed by atoms with van der Waals surface area (Å²) >= 11 is 1.11. The van der Waals surface area contributed by atoms with E-state index in [0.717, 1.165) is 11.8 Å². The topological polar surface area (TPSA) is 70.8 Å². The average molecular weight is 248 g/mol. The Kier molecular flexibility index (Phi) is 3.43. The van der Waals surface area contributed by atoms with Crippen molar-refractivity contribution in [3.8, 4) is 0 Å². The van der Waals surface area contributed by atoms with E-state index >= 15 is 0 Å². The van der Waals surface area contributed by atoms with Crippen LogP contribution in [0.5, 0.6) is 0 Å². The van der Waals surface area contributed by atoms with Crippen LogP contribution >= 0.6 is 11.8 Å². The van der Waals surface area contributed by atoms with Crippen molar-refractivity contribution in [1.82, 2.24) is 14.8 Å². The van der Waals surface area contributed by atoms with Crippen LogP contribution in [0.2, 0.25) is 0 Å². The summed E-state index contributed by atoms with van der Waals surface area (Å²) in [7, 11) is 1.76. The van der Waals surface area contributed by atoms with Crippen LogP contribution in [0.4, 0.5) is 0 Å². The number of rotatable bonds is 4. The molecule has 0 saturated heterocycles. The summed E-state index contributed by atoms with van der Waals surface area (Å²) in [5.41, 5.74) is 0.681. The fourth-order valence-corrected chi connectivity index (χ4v) is 2.27. The number of thioether (sulfide) groups is 1. The van der Waals surface area contributed by atoms with Gasteiger partial charge in [-0.25, -0.2) is 0 Å². The number of carboxylic acids is 1. The van der Waals surface area contributed by atoms with Gasteiger partial charge in [0.1, 0.15) is 6.33 Å². The molecule has 2 aromatic rings. The van der Waals surface area contributed by atoms with Crippen molar-refractivity contribution in [2.45, 2.75) is 10.4 Å². The Labute approximate surface area is 102 Å². The van der Waals surface area contributed by atoms with Crippen LogP contribution in [-0.4, -0.2) is 20.7 Å². The zero-order valence-electron chi connectivity index (χ0n) is 9.11. The molecule has 0 fully saturated rings. The van der Waals surface area contributed by atoms with Crippen molar-refractivity contribution >= 4 is 17.7 Å². The molecule has 0 amide bonds. The highest BCUT2D eigenvalue weighted by Crippen LogP contribution is 2.32. The van der Waals surface area contributed by atoms with Crippen LogP contribution in [0.1, 0.15) is 10.8 Å². The van der Waals surface area contributed by atoms with Crippen molar-refractivity contribution in [3.05, 3.63) is 42.2 Å². The van der Waals surface area contributed by atoms with Gasteiger partial charge in [0.15, 0.2) is 5.16 Å². The van der Waals surface area contributed by atoms with Gasteiger partial charge in [-0.3, -0.25) is 0 Å². The molecule has 1 aromatic heterocycles. The molecule has 88 valence electrons. The highest BCUT2D eigenvalue weighted by atomic mass is 32.2. The van der Waals surface area contributed by atoms with E-state index in [1.54, 1.807) is 35.9 Å². The first-order valence-corrected chi connectivity index (χ1v) is 5.83. The normalized spacial score (nSPS) is 12.3. The molecule has 6 heteroatoms. The summed E-state index contributed by atoms with van der Waals surface area (Å²) in [6.07, 6.45) is 1.53. The SMILES string of the molecule is Cn1cnnc1S[C@@H](C(=O)[O-])c1ccccc1. The molecule has 0 aliphatic rings. The highest BCUT2D eigenvalue weighted by Gasteiger charge is 2.16. The second-order valence-corrected chi connectivity index (χ2v) is 4.52. The minimum absolute atomic E-state index is 0.544. The fraction of sp³-hybridized carbons (Fsp3) is 0.182. The van der Waals surface area contributed by atoms with Gasteiger partial charge in [0.05, 0.1) is 11.2 Å². The number of aliphatic carboxylic acids is 1. The highest BCUT2D eigenvalue weighted by molar-refractivity contribution is 8.00. The van der Waals surface area contributed by atoms with Crippen molar-refractivity contribution in [1.29, 1.82) is 0 Å². The van der Waals surface area contributed by atoms with Gasteiger partial charge in [0.2, 0.25) is 0 Å². The van der Waals surface area contributed by atoms with Crippen molar-refractivity contribution in [3.63, 3.8) is 0 Å². The number of nitrogens with zero attached hydrogens (tertiary/aromatic N) is 3. The number of carbonyl (C=O) groups excluding carboxylic acids is 1. The largest absolute Gasteiger partial charge is 0.549 e. The van der Waals surface area contributed by atoms with E-state index in [1.807, 2.05) is 6.07 Å². The summed E-state index contributed by atoms with van der Waals surface area (Å²) in [4.78, 5) is 11.1. The van der Waals surface area contributed by atoms with Crippen LogP contribution in [0.15, 0.2) is 41.8 Å². The lowest BCUT2D eigenvalue weighted by Gasteiger charge is -2.16. The minimum atomic E-state index is -1.13. The van der Waals surface area contributed by atoms with Gasteiger partial charge in [-0.15, -0.1) is 10.2 Å². The molecule has 0 radical (unpaired) electrons. The number of carboxylic acid groups (broad SMARTS) is 1. The predicted octanol–water partition coefficient (Wildman–Crippen LogP) is 0.398. The molecule has 1 heterocycles. The number of aryl methyl sites for hydroxylation is 1. The van der Waals surface area contributed by atoms with E-state index in [4.69, 9.17) is 0 Å². The lowest BCUT2D eigenvalue weighted by molar-refractivity contribution is -0.305. The van der Waals surface area contributed by atoms with Crippen LogP contribution in [0, 0.1) is 0 Å². The Morgan fingerprint density at radius 1 is 1.41 bits per heavy atom. The first kappa shape index (κ1) is 11.7. The Balaban J connectivity index is 2.26. The molecule has 1 atom stereocenters. The molecular formula is C11H10N3O2S-. The molecule has 0 aliphatic carbocycles. The van der Waals surface area contributed by atoms with Crippen LogP contribution in [0.3, 0.4) is 0 Å². The minimum Gasteiger partial charge on any atom is -0.549 e. The lowest BCUT2D eigenvalue weighted by Crippen LogP contribution is -2.28. The second-order valence-electron chi connectivity index (χ2n) is 3.45. The number of benzene rings is 1. The quantitative estimate of drug-likeness (QED) is 0.732. The lowest BCUT2D eigenvalue weighted by atomic mass is 10.1. The third-order valence-corrected chi connectivity index (χ3v) is 3.49. The van der Waals surface area contributed by atoms with Crippen LogP contribution < -0.4 is 5.11 Å². The van der Waals surface area contributed by atoms with E-state index in [0.29, 0.717) is 10.7 Å². The Morgan fingerprint density at radius 3 is 2.65 bits per heavy atom. The van der Waals surface area contributed by atoms with Crippen molar-refractivity contribution < 1.29 is 9.90 Å². The first-order valence-electron chi connectivity index (χ1n) is 4.95. The summed E-state index contributed by atoms with van der Waals surface area (Å²) in [6, 6.07) is 8.93. The molecule has 0 N–H and O–H groups in total. The first-order chi connectivity index (χ1) is 8.18. The smallest absolute Gasteiger partial charge is 0.191 e. The number of hydrogen-bond donors (Lipinski definition) is 0. The maximum Gasteiger partial charge on any atom is 0.191 e. The molecule has 5 nitrogen and oxygen atoms in total. The molecule has 0 bridgehead atoms. The molecule has 0 aliphatic heterocycles. The second kappa shape index (κ2) is 5.01. The summed E-state index contributed by atoms with van der Waals surface area (Å²) in [5.74, 6) is -1.13. The monoisotopic (exact) mass is 248 g/mol. The molecule has 1 aromatic carbocycles. The number of hydrogen-bond acceptors (Lipinski definition) is 5. The van der Waals surface area contributed by atoms with Crippen molar-refractivity contribution in [2.75, 3.05) is 0 Å². The van der Waals surface area contributed by atoms with Gasteiger partial charge in [0, 0.05) is 7.05 Å². The van der Waals surface area contributed by atoms with Gasteiger partial charge in [-0.1, -0.05) is 42.1 Å². The zero-order chi connectivity index (χ0) is 12.3. The van der Waals surface area contributed by atoms with Crippen LogP contribution in [-0.2, 0) is 11.8 Å². The summed E-state index contributed by atoms with van der Waals surface area (Å²) in [6.45, 7) is 0. The Bertz CT molecular complexity index is 512. The van der Waals surface area contributed by atoms with Gasteiger partial charge in [-0.2, -0.15) is 0 Å². The summed E-state index contributed by atoms with van der Waals surface area (Å²) < 4.78 is 1.67. The molecule has 0 spiro atoms. The van der Waals surface area contributed by atoms with Gasteiger partial charge >= 0.3 is 0 Å². The third kappa shape index (κ3) is 2.65. The molecule has 0 saturated carbocycles. The van der Waals surface area contributed by atoms with Gasteiger partial charge in [0.25, 0.3) is 0 Å². The summed E-state index contributed by atoms with van der Waals surface area (Å²) in [5, 5.41) is 18.5. The standard InChI is InChI=1S/C11H11N3O2S/c1-14-7-12-13-11(14)17-9(10(15)16)8-5-3-2-4-6-8/h2-7,9H,1H3,(H,15,16)/p-1/t9-/m1/s1. The molecule has 0 unspecified atom stereocenters. The van der Waals surface area contributed by atoms with Crippen molar-refractivity contribution in [2.24, 2.45) is 7.05 Å². The average Bonchev–Trinajstić information content (AvgIpc) is 2.72. The van der Waals surface area contributed by atoms with E-state index < -0.39 is 11.2 Å². The fourth-order valence-electron chi connectivity index (χ4n) is 1.36. The van der Waals surface area contributed by atoms with Gasteiger partial charge in [-0.05, 0) is 5.56 Å². The van der Waals surface area contributed by atoms with Gasteiger partial charge < -0.3 is 14.5 Å². The van der Waals surface area contributed by atoms with E-state index in [1.165, 1.54) is 6.33 Å². The predicted molar refractivity (Wildman–Crippen MR) is 61.1 cm³/mol. The number of aromatic nitrogens is 3. The van der Waals surface area contributed by atoms with E-state index in [9.17, 15) is 9.90 Å². The maximum atomic E-state index is 11.1. The maximum absolute atomic E-state index is 11.1. The molecular weight excluding hydrogens is 238 g/mol. The molecule has 17 heavy (non-hydrogen) atoms. The third-order valence-electron chi connectivity index (χ3n) is 2.21. The van der Waals surface area contributed by atoms with E-state index in [2.05, 4.69) is 10.2 Å². The van der Waals surface area contributed by atoms with Crippen LogP contribution in [0.25, 0.3) is 0 Å². The Hall–Kier alpha value is -1.82.